The van der Waals surface area contributed by atoms with Crippen molar-refractivity contribution in [2.24, 2.45) is 0 Å². The minimum atomic E-state index is 0.141. The standard InChI is InChI=1S/C15H27N3/c1-6-10-18(7-2)14-12-16-9-8-13(14)11-17-15(3,4)5/h8-9,12,17H,6-7,10-11H2,1-5H3. The van der Waals surface area contributed by atoms with Crippen molar-refractivity contribution in [2.45, 2.75) is 53.1 Å². The van der Waals surface area contributed by atoms with Crippen LogP contribution < -0.4 is 10.2 Å². The van der Waals surface area contributed by atoms with Gasteiger partial charge in [-0.3, -0.25) is 4.98 Å². The van der Waals surface area contributed by atoms with Crippen LogP contribution in [0.1, 0.15) is 46.6 Å². The molecule has 102 valence electrons. The number of hydrogen-bond donors (Lipinski definition) is 1. The van der Waals surface area contributed by atoms with Gasteiger partial charge in [-0.15, -0.1) is 0 Å². The molecular formula is C15H27N3. The fourth-order valence-electron chi connectivity index (χ4n) is 1.93. The Hall–Kier alpha value is -1.09. The Morgan fingerprint density at radius 3 is 2.56 bits per heavy atom. The molecule has 0 unspecified atom stereocenters. The van der Waals surface area contributed by atoms with Crippen LogP contribution in [0.15, 0.2) is 18.5 Å². The van der Waals surface area contributed by atoms with Gasteiger partial charge in [0.2, 0.25) is 0 Å². The number of hydrogen-bond acceptors (Lipinski definition) is 3. The molecule has 1 rings (SSSR count). The molecule has 3 nitrogen and oxygen atoms in total. The lowest BCUT2D eigenvalue weighted by molar-refractivity contribution is 0.424. The molecule has 0 bridgehead atoms. The van der Waals surface area contributed by atoms with Crippen molar-refractivity contribution < 1.29 is 0 Å². The zero-order chi connectivity index (χ0) is 13.6. The summed E-state index contributed by atoms with van der Waals surface area (Å²) in [7, 11) is 0. The predicted molar refractivity (Wildman–Crippen MR) is 79.0 cm³/mol. The van der Waals surface area contributed by atoms with Crippen LogP contribution in [0.3, 0.4) is 0 Å². The van der Waals surface area contributed by atoms with Crippen molar-refractivity contribution in [1.29, 1.82) is 0 Å². The first-order valence-electron chi connectivity index (χ1n) is 6.90. The van der Waals surface area contributed by atoms with Crippen LogP contribution in [-0.4, -0.2) is 23.6 Å². The van der Waals surface area contributed by atoms with E-state index >= 15 is 0 Å². The van der Waals surface area contributed by atoms with E-state index in [9.17, 15) is 0 Å². The third-order valence-electron chi connectivity index (χ3n) is 2.91. The largest absolute Gasteiger partial charge is 0.370 e. The van der Waals surface area contributed by atoms with Gasteiger partial charge in [0, 0.05) is 31.4 Å². The number of pyridine rings is 1. The Morgan fingerprint density at radius 2 is 2.00 bits per heavy atom. The van der Waals surface area contributed by atoms with Gasteiger partial charge >= 0.3 is 0 Å². The Kier molecular flexibility index (Phi) is 5.60. The van der Waals surface area contributed by atoms with Crippen LogP contribution in [-0.2, 0) is 6.54 Å². The van der Waals surface area contributed by atoms with Crippen molar-refractivity contribution >= 4 is 5.69 Å². The van der Waals surface area contributed by atoms with E-state index in [1.807, 2.05) is 12.4 Å². The number of aromatic nitrogens is 1. The van der Waals surface area contributed by atoms with Gasteiger partial charge in [0.15, 0.2) is 0 Å². The highest BCUT2D eigenvalue weighted by atomic mass is 15.1. The van der Waals surface area contributed by atoms with Gasteiger partial charge in [-0.2, -0.15) is 0 Å². The zero-order valence-corrected chi connectivity index (χ0v) is 12.5. The third-order valence-corrected chi connectivity index (χ3v) is 2.91. The molecule has 0 aromatic carbocycles. The van der Waals surface area contributed by atoms with E-state index < -0.39 is 0 Å². The van der Waals surface area contributed by atoms with Gasteiger partial charge in [0.25, 0.3) is 0 Å². The van der Waals surface area contributed by atoms with E-state index in [0.29, 0.717) is 0 Å². The second-order valence-electron chi connectivity index (χ2n) is 5.69. The second kappa shape index (κ2) is 6.74. The fraction of sp³-hybridized carbons (Fsp3) is 0.667. The molecule has 0 saturated heterocycles. The summed E-state index contributed by atoms with van der Waals surface area (Å²) in [6, 6.07) is 2.12. The Morgan fingerprint density at radius 1 is 1.28 bits per heavy atom. The SMILES string of the molecule is CCCN(CC)c1cnccc1CNC(C)(C)C. The molecule has 1 aromatic heterocycles. The summed E-state index contributed by atoms with van der Waals surface area (Å²) in [6.07, 6.45) is 5.02. The maximum Gasteiger partial charge on any atom is 0.0598 e. The van der Waals surface area contributed by atoms with Crippen molar-refractivity contribution in [3.8, 4) is 0 Å². The van der Waals surface area contributed by atoms with Gasteiger partial charge in [0.1, 0.15) is 0 Å². The highest BCUT2D eigenvalue weighted by Crippen LogP contribution is 2.20. The van der Waals surface area contributed by atoms with E-state index in [1.165, 1.54) is 11.3 Å². The second-order valence-corrected chi connectivity index (χ2v) is 5.69. The summed E-state index contributed by atoms with van der Waals surface area (Å²) in [5.41, 5.74) is 2.73. The predicted octanol–water partition coefficient (Wildman–Crippen LogP) is 3.21. The lowest BCUT2D eigenvalue weighted by atomic mass is 10.1. The molecular weight excluding hydrogens is 222 g/mol. The molecule has 0 aliphatic rings. The van der Waals surface area contributed by atoms with Gasteiger partial charge in [-0.25, -0.2) is 0 Å². The summed E-state index contributed by atoms with van der Waals surface area (Å²) in [5, 5.41) is 3.55. The molecule has 1 heterocycles. The Labute approximate surface area is 112 Å². The van der Waals surface area contributed by atoms with Gasteiger partial charge in [-0.05, 0) is 45.7 Å². The average molecular weight is 249 g/mol. The molecule has 1 aromatic rings. The molecule has 0 spiro atoms. The zero-order valence-electron chi connectivity index (χ0n) is 12.5. The van der Waals surface area contributed by atoms with Crippen LogP contribution in [0.4, 0.5) is 5.69 Å². The molecule has 0 fully saturated rings. The number of nitrogens with zero attached hydrogens (tertiary/aromatic N) is 2. The fourth-order valence-corrected chi connectivity index (χ4v) is 1.93. The summed E-state index contributed by atoms with van der Waals surface area (Å²) >= 11 is 0. The van der Waals surface area contributed by atoms with E-state index in [1.54, 1.807) is 0 Å². The van der Waals surface area contributed by atoms with Crippen molar-refractivity contribution in [3.05, 3.63) is 24.0 Å². The van der Waals surface area contributed by atoms with Crippen LogP contribution >= 0.6 is 0 Å². The molecule has 0 aliphatic heterocycles. The Bertz CT molecular complexity index is 355. The van der Waals surface area contributed by atoms with Crippen LogP contribution in [0, 0.1) is 0 Å². The first-order chi connectivity index (χ1) is 8.48. The topological polar surface area (TPSA) is 28.2 Å². The summed E-state index contributed by atoms with van der Waals surface area (Å²) in [6.45, 7) is 14.0. The van der Waals surface area contributed by atoms with Gasteiger partial charge in [-0.1, -0.05) is 6.92 Å². The van der Waals surface area contributed by atoms with E-state index in [2.05, 4.69) is 55.9 Å². The highest BCUT2D eigenvalue weighted by Gasteiger charge is 2.12. The Balaban J connectivity index is 2.84. The van der Waals surface area contributed by atoms with Crippen molar-refractivity contribution in [2.75, 3.05) is 18.0 Å². The minimum Gasteiger partial charge on any atom is -0.370 e. The normalized spacial score (nSPS) is 11.6. The first-order valence-corrected chi connectivity index (χ1v) is 6.90. The van der Waals surface area contributed by atoms with Crippen LogP contribution in [0.25, 0.3) is 0 Å². The van der Waals surface area contributed by atoms with E-state index in [-0.39, 0.29) is 5.54 Å². The molecule has 0 amide bonds. The van der Waals surface area contributed by atoms with Crippen LogP contribution in [0.2, 0.25) is 0 Å². The monoisotopic (exact) mass is 249 g/mol. The lowest BCUT2D eigenvalue weighted by Gasteiger charge is -2.27. The smallest absolute Gasteiger partial charge is 0.0598 e. The molecule has 1 N–H and O–H groups in total. The number of anilines is 1. The van der Waals surface area contributed by atoms with Crippen molar-refractivity contribution in [1.82, 2.24) is 10.3 Å². The lowest BCUT2D eigenvalue weighted by Crippen LogP contribution is -2.36. The van der Waals surface area contributed by atoms with Crippen LogP contribution in [0.5, 0.6) is 0 Å². The van der Waals surface area contributed by atoms with E-state index in [4.69, 9.17) is 0 Å². The summed E-state index contributed by atoms with van der Waals surface area (Å²) in [5.74, 6) is 0. The molecule has 0 aliphatic carbocycles. The minimum absolute atomic E-state index is 0.141. The molecule has 3 heteroatoms. The quantitative estimate of drug-likeness (QED) is 0.839. The number of rotatable bonds is 6. The summed E-state index contributed by atoms with van der Waals surface area (Å²) in [4.78, 5) is 6.67. The maximum absolute atomic E-state index is 4.27. The first kappa shape index (κ1) is 15.0. The molecule has 0 atom stereocenters. The average Bonchev–Trinajstić information content (AvgIpc) is 2.33. The van der Waals surface area contributed by atoms with Gasteiger partial charge in [0.05, 0.1) is 11.9 Å². The third kappa shape index (κ3) is 4.65. The maximum atomic E-state index is 4.27. The molecule has 0 saturated carbocycles. The number of nitrogens with one attached hydrogen (secondary N) is 1. The highest BCUT2D eigenvalue weighted by molar-refractivity contribution is 5.51. The summed E-state index contributed by atoms with van der Waals surface area (Å²) < 4.78 is 0. The van der Waals surface area contributed by atoms with Gasteiger partial charge < -0.3 is 10.2 Å². The molecule has 18 heavy (non-hydrogen) atoms. The molecule has 0 radical (unpaired) electrons. The van der Waals surface area contributed by atoms with Crippen molar-refractivity contribution in [3.63, 3.8) is 0 Å². The van der Waals surface area contributed by atoms with E-state index in [0.717, 1.165) is 26.1 Å².